The van der Waals surface area contributed by atoms with E-state index in [1.165, 1.54) is 8.46 Å². The van der Waals surface area contributed by atoms with Crippen molar-refractivity contribution in [2.45, 2.75) is 6.80 Å². The lowest BCUT2D eigenvalue weighted by Crippen LogP contribution is -1.77. The first-order valence-electron chi connectivity index (χ1n) is 2.04. The molecule has 0 aliphatic carbocycles. The molecular weight excluding hydrogens is 193 g/mol. The quantitative estimate of drug-likeness (QED) is 0.346. The van der Waals surface area contributed by atoms with Gasteiger partial charge in [0.05, 0.1) is 0 Å². The minimum atomic E-state index is 0.544. The van der Waals surface area contributed by atoms with Crippen LogP contribution in [0, 0.1) is 0 Å². The predicted molar refractivity (Wildman–Crippen MR) is 38.5 cm³/mol. The molecule has 3 heteroatoms. The molecule has 0 aromatic carbocycles. The van der Waals surface area contributed by atoms with Gasteiger partial charge in [0, 0.05) is 5.66 Å². The summed E-state index contributed by atoms with van der Waals surface area (Å²) in [5.41, 5.74) is 0. The van der Waals surface area contributed by atoms with Crippen molar-refractivity contribution in [1.29, 1.82) is 0 Å². The van der Waals surface area contributed by atoms with Gasteiger partial charge in [-0.2, -0.15) is 29.0 Å². The van der Waals surface area contributed by atoms with Crippen LogP contribution in [-0.4, -0.2) is 11.0 Å². The highest BCUT2D eigenvalue weighted by atomic mass is 127. The first kappa shape index (κ1) is 4.39. The summed E-state index contributed by atoms with van der Waals surface area (Å²) < 4.78 is 7.34. The highest BCUT2D eigenvalue weighted by molar-refractivity contribution is 14.1. The zero-order chi connectivity index (χ0) is 4.99. The lowest BCUT2D eigenvalue weighted by atomic mass is 10.2. The second kappa shape index (κ2) is 3.42. The van der Waals surface area contributed by atoms with Gasteiger partial charge >= 0.3 is 0 Å². The SMILES string of the molecule is [3H]CB(I)[P-]C. The Balaban J connectivity index is 2.75. The molecule has 0 unspecified atom stereocenters. The van der Waals surface area contributed by atoms with Gasteiger partial charge < -0.3 is 8.46 Å². The summed E-state index contributed by atoms with van der Waals surface area (Å²) in [5, 5.41) is 0. The third-order valence-electron chi connectivity index (χ3n) is 0.280. The molecule has 0 heterocycles. The minimum Gasteiger partial charge on any atom is -0.560 e. The van der Waals surface area contributed by atoms with Crippen LogP contribution in [0.15, 0.2) is 0 Å². The van der Waals surface area contributed by atoms with Crippen LogP contribution < -0.4 is 0 Å². The van der Waals surface area contributed by atoms with Crippen LogP contribution in [0.25, 0.3) is 0 Å². The maximum absolute atomic E-state index is 6.79. The Morgan fingerprint density at radius 2 is 2.80 bits per heavy atom. The first-order chi connectivity index (χ1) is 2.81. The van der Waals surface area contributed by atoms with Crippen molar-refractivity contribution in [3.63, 3.8) is 0 Å². The summed E-state index contributed by atoms with van der Waals surface area (Å²) in [6.07, 6.45) is 0. The van der Waals surface area contributed by atoms with Gasteiger partial charge in [-0.05, 0) is 0 Å². The van der Waals surface area contributed by atoms with Gasteiger partial charge in [-0.1, -0.05) is 0 Å². The minimum absolute atomic E-state index is 0.544. The van der Waals surface area contributed by atoms with Crippen LogP contribution in [0.1, 0.15) is 1.37 Å². The lowest BCUT2D eigenvalue weighted by Gasteiger charge is -2.05. The number of hydrogen-bond acceptors (Lipinski definition) is 0. The Labute approximate surface area is 50.2 Å². The Hall–Kier alpha value is 1.22. The molecule has 0 spiro atoms. The highest BCUT2D eigenvalue weighted by Crippen LogP contribution is 2.13. The second-order valence-corrected chi connectivity index (χ2v) is 4.32. The van der Waals surface area contributed by atoms with Crippen molar-refractivity contribution in [3.8, 4) is 0 Å². The van der Waals surface area contributed by atoms with Gasteiger partial charge in [0.25, 0.3) is 0 Å². The summed E-state index contributed by atoms with van der Waals surface area (Å²) in [6.45, 7) is 2.63. The van der Waals surface area contributed by atoms with Crippen LogP contribution in [-0.2, 0) is 0 Å². The maximum atomic E-state index is 6.79. The zero-order valence-corrected chi connectivity index (χ0v) is 6.16. The van der Waals surface area contributed by atoms with Crippen molar-refractivity contribution in [1.82, 2.24) is 0 Å². The van der Waals surface area contributed by atoms with Crippen molar-refractivity contribution in [2.75, 3.05) is 6.66 Å². The van der Waals surface area contributed by atoms with Crippen molar-refractivity contribution >= 4 is 35.1 Å². The van der Waals surface area contributed by atoms with Crippen LogP contribution in [0.2, 0.25) is 6.80 Å². The average molecular weight is 201 g/mol. The summed E-state index contributed by atoms with van der Waals surface area (Å²) in [5.74, 6) is 0. The van der Waals surface area contributed by atoms with Crippen molar-refractivity contribution in [3.05, 3.63) is 0 Å². The standard InChI is InChI=1S/C2H6BIP/c1-3(4)5-2/h1-2H3/q-1/i1T. The summed E-state index contributed by atoms with van der Waals surface area (Å²) in [7, 11) is 1.33. The van der Waals surface area contributed by atoms with E-state index < -0.39 is 0 Å². The van der Waals surface area contributed by atoms with E-state index in [-0.39, 0.29) is 0 Å². The van der Waals surface area contributed by atoms with E-state index in [9.17, 15) is 0 Å². The zero-order valence-electron chi connectivity index (χ0n) is 4.11. The van der Waals surface area contributed by atoms with E-state index in [0.717, 1.165) is 0 Å². The summed E-state index contributed by atoms with van der Waals surface area (Å²) >= 11 is 2.27. The number of rotatable bonds is 1. The molecule has 0 aliphatic heterocycles. The van der Waals surface area contributed by atoms with Gasteiger partial charge in [-0.15, -0.1) is 6.80 Å². The molecule has 0 fully saturated rings. The topological polar surface area (TPSA) is 0 Å². The Kier molecular flexibility index (Phi) is 3.00. The molecule has 5 heavy (non-hydrogen) atoms. The van der Waals surface area contributed by atoms with Crippen LogP contribution in [0.5, 0.6) is 0 Å². The van der Waals surface area contributed by atoms with E-state index in [1.807, 2.05) is 0 Å². The molecule has 0 aromatic heterocycles. The normalized spacial score (nSPS) is 12.8. The van der Waals surface area contributed by atoms with E-state index in [2.05, 4.69) is 29.0 Å². The van der Waals surface area contributed by atoms with E-state index >= 15 is 0 Å². The molecule has 0 saturated heterocycles. The maximum Gasteiger partial charge on any atom is 0.0463 e. The van der Waals surface area contributed by atoms with Gasteiger partial charge in [-0.3, -0.25) is 0 Å². The molecule has 0 nitrogen and oxygen atoms in total. The fraction of sp³-hybridized carbons (Fsp3) is 1.00. The van der Waals surface area contributed by atoms with E-state index in [0.29, 0.717) is 11.1 Å². The predicted octanol–water partition coefficient (Wildman–Crippen LogP) is 2.12. The average Bonchev–Trinajstić information content (AvgIpc) is 1.65. The van der Waals surface area contributed by atoms with E-state index in [4.69, 9.17) is 1.37 Å². The Bertz CT molecular complexity index is 32.7. The summed E-state index contributed by atoms with van der Waals surface area (Å²) in [4.78, 5) is 0. The molecule has 0 atom stereocenters. The molecule has 30 valence electrons. The van der Waals surface area contributed by atoms with Gasteiger partial charge in [0.15, 0.2) is 0 Å². The fourth-order valence-electron chi connectivity index (χ4n) is 0. The van der Waals surface area contributed by atoms with Crippen molar-refractivity contribution < 1.29 is 1.37 Å². The van der Waals surface area contributed by atoms with Crippen molar-refractivity contribution in [2.24, 2.45) is 0 Å². The molecule has 0 saturated carbocycles. The second-order valence-electron chi connectivity index (χ2n) is 0.693. The van der Waals surface area contributed by atoms with Gasteiger partial charge in [-0.25, -0.2) is 0 Å². The molecule has 0 aromatic rings. The molecule has 0 radical (unpaired) electrons. The van der Waals surface area contributed by atoms with E-state index in [1.54, 1.807) is 0 Å². The first-order valence-corrected chi connectivity index (χ1v) is 3.99. The largest absolute Gasteiger partial charge is 0.560 e. The summed E-state index contributed by atoms with van der Waals surface area (Å²) in [6, 6.07) is 0. The Morgan fingerprint density at radius 1 is 2.20 bits per heavy atom. The van der Waals surface area contributed by atoms with Crippen LogP contribution >= 0.6 is 30.8 Å². The van der Waals surface area contributed by atoms with Gasteiger partial charge in [0.2, 0.25) is 0 Å². The highest BCUT2D eigenvalue weighted by Gasteiger charge is 1.71. The van der Waals surface area contributed by atoms with Gasteiger partial charge in [0.1, 0.15) is 0 Å². The monoisotopic (exact) mass is 201 g/mol. The number of halogens is 1. The number of hydrogen-bond donors (Lipinski definition) is 0. The Morgan fingerprint density at radius 3 is 2.80 bits per heavy atom. The molecule has 0 N–H and O–H groups in total. The smallest absolute Gasteiger partial charge is 0.0463 e. The third-order valence-corrected chi connectivity index (χ3v) is 2.51. The van der Waals surface area contributed by atoms with Crippen LogP contribution in [0.4, 0.5) is 0 Å². The fourth-order valence-corrected chi connectivity index (χ4v) is 0. The van der Waals surface area contributed by atoms with Crippen LogP contribution in [0.3, 0.4) is 0 Å². The molecule has 0 aliphatic rings. The third kappa shape index (κ3) is 5.22. The molecule has 0 amide bonds. The molecule has 0 rings (SSSR count). The molecule has 0 bridgehead atoms. The molecular formula is C2H6BIP-. The lowest BCUT2D eigenvalue weighted by molar-refractivity contribution is 2.34.